The number of nitrogens with one attached hydrogen (secondary N) is 2. The van der Waals surface area contributed by atoms with Crippen LogP contribution < -0.4 is 10.6 Å². The molecule has 2 aromatic rings. The highest BCUT2D eigenvalue weighted by Crippen LogP contribution is 2.23. The summed E-state index contributed by atoms with van der Waals surface area (Å²) >= 11 is 1.72. The van der Waals surface area contributed by atoms with Crippen molar-refractivity contribution in [1.82, 2.24) is 10.6 Å². The lowest BCUT2D eigenvalue weighted by Crippen LogP contribution is -2.44. The Kier molecular flexibility index (Phi) is 8.15. The van der Waals surface area contributed by atoms with Gasteiger partial charge in [-0.15, -0.1) is 35.3 Å². The van der Waals surface area contributed by atoms with Crippen molar-refractivity contribution in [3.8, 4) is 0 Å². The topological polar surface area (TPSA) is 36.4 Å². The SMILES string of the molecule is CN=C(NCC(C)(C)c1cccc(F)c1)NC(C)c1cccs1.I. The molecule has 0 fully saturated rings. The van der Waals surface area contributed by atoms with Crippen LogP contribution in [0.4, 0.5) is 4.39 Å². The van der Waals surface area contributed by atoms with Gasteiger partial charge >= 0.3 is 0 Å². The highest BCUT2D eigenvalue weighted by atomic mass is 127. The Hall–Kier alpha value is -1.15. The molecule has 1 aromatic carbocycles. The van der Waals surface area contributed by atoms with Crippen molar-refractivity contribution in [2.45, 2.75) is 32.2 Å². The molecule has 1 unspecified atom stereocenters. The molecule has 1 heterocycles. The van der Waals surface area contributed by atoms with E-state index in [4.69, 9.17) is 0 Å². The third kappa shape index (κ3) is 5.73. The summed E-state index contributed by atoms with van der Waals surface area (Å²) in [6.45, 7) is 6.94. The first-order valence-corrected chi connectivity index (χ1v) is 8.57. The van der Waals surface area contributed by atoms with Crippen LogP contribution in [0.25, 0.3) is 0 Å². The molecule has 0 aliphatic rings. The zero-order valence-electron chi connectivity index (χ0n) is 14.5. The van der Waals surface area contributed by atoms with Gasteiger partial charge in [-0.2, -0.15) is 0 Å². The fraction of sp³-hybridized carbons (Fsp3) is 0.389. The first-order valence-electron chi connectivity index (χ1n) is 7.69. The third-order valence-corrected chi connectivity index (χ3v) is 4.91. The molecular weight excluding hydrogens is 436 g/mol. The number of guanidine groups is 1. The highest BCUT2D eigenvalue weighted by Gasteiger charge is 2.21. The van der Waals surface area contributed by atoms with Crippen LogP contribution in [0, 0.1) is 5.82 Å². The van der Waals surface area contributed by atoms with E-state index in [0.29, 0.717) is 6.54 Å². The van der Waals surface area contributed by atoms with Gasteiger partial charge in [0.2, 0.25) is 0 Å². The largest absolute Gasteiger partial charge is 0.356 e. The average molecular weight is 461 g/mol. The molecule has 0 saturated carbocycles. The van der Waals surface area contributed by atoms with E-state index >= 15 is 0 Å². The van der Waals surface area contributed by atoms with E-state index in [2.05, 4.69) is 47.8 Å². The van der Waals surface area contributed by atoms with Gasteiger partial charge in [0.15, 0.2) is 5.96 Å². The Morgan fingerprint density at radius 3 is 2.62 bits per heavy atom. The Labute approximate surface area is 164 Å². The summed E-state index contributed by atoms with van der Waals surface area (Å²) in [5.74, 6) is 0.541. The minimum absolute atomic E-state index is 0. The third-order valence-electron chi connectivity index (χ3n) is 3.85. The summed E-state index contributed by atoms with van der Waals surface area (Å²) < 4.78 is 13.4. The van der Waals surface area contributed by atoms with Gasteiger partial charge in [0.25, 0.3) is 0 Å². The number of nitrogens with zero attached hydrogens (tertiary/aromatic N) is 1. The summed E-state index contributed by atoms with van der Waals surface area (Å²) in [6, 6.07) is 11.1. The van der Waals surface area contributed by atoms with Gasteiger partial charge in [0.1, 0.15) is 5.82 Å². The lowest BCUT2D eigenvalue weighted by molar-refractivity contribution is 0.501. The lowest BCUT2D eigenvalue weighted by atomic mass is 9.84. The molecule has 0 bridgehead atoms. The van der Waals surface area contributed by atoms with Gasteiger partial charge in [-0.1, -0.05) is 32.0 Å². The number of halogens is 2. The minimum Gasteiger partial charge on any atom is -0.356 e. The second-order valence-corrected chi connectivity index (χ2v) is 7.18. The van der Waals surface area contributed by atoms with Gasteiger partial charge in [0, 0.05) is 23.9 Å². The van der Waals surface area contributed by atoms with Crippen molar-refractivity contribution in [2.75, 3.05) is 13.6 Å². The van der Waals surface area contributed by atoms with E-state index in [1.807, 2.05) is 12.1 Å². The van der Waals surface area contributed by atoms with Crippen molar-refractivity contribution >= 4 is 41.3 Å². The number of aliphatic imine (C=N–C) groups is 1. The van der Waals surface area contributed by atoms with Crippen LogP contribution in [-0.2, 0) is 5.41 Å². The van der Waals surface area contributed by atoms with E-state index < -0.39 is 0 Å². The molecule has 0 amide bonds. The van der Waals surface area contributed by atoms with E-state index in [-0.39, 0.29) is 41.3 Å². The molecule has 1 atom stereocenters. The predicted octanol–water partition coefficient (Wildman–Crippen LogP) is 4.71. The minimum atomic E-state index is -0.204. The number of hydrogen-bond donors (Lipinski definition) is 2. The number of hydrogen-bond acceptors (Lipinski definition) is 2. The maximum atomic E-state index is 13.4. The van der Waals surface area contributed by atoms with Crippen molar-refractivity contribution in [1.29, 1.82) is 0 Å². The smallest absolute Gasteiger partial charge is 0.191 e. The van der Waals surface area contributed by atoms with E-state index in [0.717, 1.165) is 11.5 Å². The van der Waals surface area contributed by atoms with Crippen LogP contribution in [0.5, 0.6) is 0 Å². The first-order chi connectivity index (χ1) is 10.9. The van der Waals surface area contributed by atoms with Gasteiger partial charge in [-0.05, 0) is 36.1 Å². The molecule has 2 rings (SSSR count). The maximum Gasteiger partial charge on any atom is 0.191 e. The van der Waals surface area contributed by atoms with Crippen LogP contribution in [0.1, 0.15) is 37.3 Å². The van der Waals surface area contributed by atoms with Crippen molar-refractivity contribution in [3.63, 3.8) is 0 Å². The summed E-state index contributed by atoms with van der Waals surface area (Å²) in [5, 5.41) is 8.79. The van der Waals surface area contributed by atoms with Crippen LogP contribution in [0.2, 0.25) is 0 Å². The van der Waals surface area contributed by atoms with Crippen LogP contribution in [0.15, 0.2) is 46.8 Å². The fourth-order valence-corrected chi connectivity index (χ4v) is 3.06. The Morgan fingerprint density at radius 2 is 2.04 bits per heavy atom. The van der Waals surface area contributed by atoms with E-state index in [1.54, 1.807) is 30.5 Å². The number of thiophene rings is 1. The second kappa shape index (κ2) is 9.36. The first kappa shape index (κ1) is 20.9. The molecule has 1 aromatic heterocycles. The monoisotopic (exact) mass is 461 g/mol. The van der Waals surface area contributed by atoms with E-state index in [1.165, 1.54) is 10.9 Å². The molecule has 0 aliphatic carbocycles. The number of rotatable bonds is 5. The molecule has 0 aliphatic heterocycles. The summed E-state index contributed by atoms with van der Waals surface area (Å²) in [7, 11) is 1.76. The quantitative estimate of drug-likeness (QED) is 0.385. The van der Waals surface area contributed by atoms with Crippen molar-refractivity contribution in [3.05, 3.63) is 58.0 Å². The molecule has 0 saturated heterocycles. The standard InChI is InChI=1S/C18H24FN3S.HI/c1-13(16-9-6-10-23-16)22-17(20-4)21-12-18(2,3)14-7-5-8-15(19)11-14;/h5-11,13H,12H2,1-4H3,(H2,20,21,22);1H. The molecule has 132 valence electrons. The lowest BCUT2D eigenvalue weighted by Gasteiger charge is -2.27. The second-order valence-electron chi connectivity index (χ2n) is 6.20. The van der Waals surface area contributed by atoms with Crippen molar-refractivity contribution in [2.24, 2.45) is 4.99 Å². The number of benzene rings is 1. The highest BCUT2D eigenvalue weighted by molar-refractivity contribution is 14.0. The van der Waals surface area contributed by atoms with Crippen LogP contribution >= 0.6 is 35.3 Å². The summed E-state index contributed by atoms with van der Waals surface area (Å²) in [5.41, 5.74) is 0.762. The zero-order chi connectivity index (χ0) is 16.9. The molecule has 3 nitrogen and oxygen atoms in total. The van der Waals surface area contributed by atoms with Crippen LogP contribution in [0.3, 0.4) is 0 Å². The molecule has 2 N–H and O–H groups in total. The van der Waals surface area contributed by atoms with Gasteiger partial charge in [0.05, 0.1) is 6.04 Å². The predicted molar refractivity (Wildman–Crippen MR) is 112 cm³/mol. The Bertz CT molecular complexity index is 656. The normalized spacial score (nSPS) is 13.1. The Morgan fingerprint density at radius 1 is 1.29 bits per heavy atom. The summed E-state index contributed by atoms with van der Waals surface area (Å²) in [4.78, 5) is 5.54. The molecular formula is C18H25FIN3S. The fourth-order valence-electron chi connectivity index (χ4n) is 2.32. The van der Waals surface area contributed by atoms with Crippen LogP contribution in [-0.4, -0.2) is 19.6 Å². The Balaban J connectivity index is 0.00000288. The van der Waals surface area contributed by atoms with Gasteiger partial charge in [-0.25, -0.2) is 4.39 Å². The molecule has 0 radical (unpaired) electrons. The maximum absolute atomic E-state index is 13.4. The summed E-state index contributed by atoms with van der Waals surface area (Å²) in [6.07, 6.45) is 0. The average Bonchev–Trinajstić information content (AvgIpc) is 3.05. The van der Waals surface area contributed by atoms with Gasteiger partial charge < -0.3 is 10.6 Å². The van der Waals surface area contributed by atoms with E-state index in [9.17, 15) is 4.39 Å². The molecule has 6 heteroatoms. The molecule has 0 spiro atoms. The zero-order valence-corrected chi connectivity index (χ0v) is 17.6. The van der Waals surface area contributed by atoms with Crippen molar-refractivity contribution < 1.29 is 4.39 Å². The molecule has 24 heavy (non-hydrogen) atoms. The van der Waals surface area contributed by atoms with Gasteiger partial charge in [-0.3, -0.25) is 4.99 Å².